The number of anilines is 1. The van der Waals surface area contributed by atoms with Crippen molar-refractivity contribution in [2.45, 2.75) is 6.42 Å². The van der Waals surface area contributed by atoms with Crippen molar-refractivity contribution in [3.63, 3.8) is 0 Å². The number of thiocarbonyl (C=S) groups is 1. The molecule has 0 unspecified atom stereocenters. The molecule has 0 fully saturated rings. The van der Waals surface area contributed by atoms with Crippen LogP contribution in [-0.2, 0) is 0 Å². The Balaban J connectivity index is 2.75. The van der Waals surface area contributed by atoms with Crippen LogP contribution in [-0.4, -0.2) is 23.5 Å². The number of halogens is 2. The normalized spacial score (nSPS) is 10.3. The zero-order chi connectivity index (χ0) is 12.8. The quantitative estimate of drug-likeness (QED) is 0.616. The molecule has 0 atom stereocenters. The highest BCUT2D eigenvalue weighted by molar-refractivity contribution is 9.10. The number of rotatable bonds is 6. The Bertz CT molecular complexity index is 413. The van der Waals surface area contributed by atoms with Crippen LogP contribution in [0, 0.1) is 5.82 Å². The van der Waals surface area contributed by atoms with E-state index in [4.69, 9.17) is 18.0 Å². The molecule has 0 aliphatic rings. The van der Waals surface area contributed by atoms with Crippen molar-refractivity contribution in [2.75, 3.05) is 23.9 Å². The molecule has 17 heavy (non-hydrogen) atoms. The summed E-state index contributed by atoms with van der Waals surface area (Å²) in [6.45, 7) is 0.747. The lowest BCUT2D eigenvalue weighted by Gasteiger charge is -2.10. The summed E-state index contributed by atoms with van der Waals surface area (Å²) in [5.74, 6) is 0.709. The van der Waals surface area contributed by atoms with E-state index in [0.717, 1.165) is 18.7 Å². The van der Waals surface area contributed by atoms with E-state index in [9.17, 15) is 4.39 Å². The average Bonchev–Trinajstić information content (AvgIpc) is 2.29. The summed E-state index contributed by atoms with van der Waals surface area (Å²) >= 11 is 9.77. The van der Waals surface area contributed by atoms with Gasteiger partial charge in [0.15, 0.2) is 5.82 Å². The second kappa shape index (κ2) is 7.18. The van der Waals surface area contributed by atoms with Gasteiger partial charge in [0.1, 0.15) is 4.99 Å². The summed E-state index contributed by atoms with van der Waals surface area (Å²) in [5.41, 5.74) is 6.48. The largest absolute Gasteiger partial charge is 0.389 e. The van der Waals surface area contributed by atoms with Gasteiger partial charge in [-0.1, -0.05) is 12.2 Å². The molecule has 6 heteroatoms. The molecule has 0 saturated carbocycles. The number of thioether (sulfide) groups is 1. The van der Waals surface area contributed by atoms with Crippen molar-refractivity contribution in [3.8, 4) is 0 Å². The fourth-order valence-corrected chi connectivity index (χ4v) is 2.61. The topological polar surface area (TPSA) is 38.0 Å². The molecule has 0 saturated heterocycles. The summed E-state index contributed by atoms with van der Waals surface area (Å²) in [7, 11) is 0. The highest BCUT2D eigenvalue weighted by Gasteiger charge is 2.12. The Morgan fingerprint density at radius 3 is 2.88 bits per heavy atom. The molecule has 0 aliphatic heterocycles. The highest BCUT2D eigenvalue weighted by atomic mass is 79.9. The van der Waals surface area contributed by atoms with E-state index in [2.05, 4.69) is 21.2 Å². The SMILES string of the molecule is CSCCCNc1ccc(C(N)=S)c(Br)c1F. The Morgan fingerprint density at radius 2 is 2.29 bits per heavy atom. The molecule has 0 spiro atoms. The number of hydrogen-bond donors (Lipinski definition) is 2. The molecule has 2 nitrogen and oxygen atoms in total. The van der Waals surface area contributed by atoms with Gasteiger partial charge >= 0.3 is 0 Å². The van der Waals surface area contributed by atoms with Gasteiger partial charge in [0, 0.05) is 12.1 Å². The summed E-state index contributed by atoms with van der Waals surface area (Å²) < 4.78 is 14.2. The first kappa shape index (κ1) is 14.7. The minimum Gasteiger partial charge on any atom is -0.389 e. The van der Waals surface area contributed by atoms with Crippen LogP contribution in [0.1, 0.15) is 12.0 Å². The summed E-state index contributed by atoms with van der Waals surface area (Å²) in [4.78, 5) is 0.185. The van der Waals surface area contributed by atoms with Crippen molar-refractivity contribution >= 4 is 50.6 Å². The van der Waals surface area contributed by atoms with Crippen molar-refractivity contribution in [2.24, 2.45) is 5.73 Å². The van der Waals surface area contributed by atoms with Crippen LogP contribution in [0.2, 0.25) is 0 Å². The van der Waals surface area contributed by atoms with Gasteiger partial charge < -0.3 is 11.1 Å². The molecule has 0 heterocycles. The van der Waals surface area contributed by atoms with E-state index in [-0.39, 0.29) is 10.8 Å². The van der Waals surface area contributed by atoms with Crippen molar-refractivity contribution < 1.29 is 4.39 Å². The van der Waals surface area contributed by atoms with Gasteiger partial charge in [-0.05, 0) is 46.5 Å². The van der Waals surface area contributed by atoms with Gasteiger partial charge in [-0.15, -0.1) is 0 Å². The summed E-state index contributed by atoms with van der Waals surface area (Å²) in [5, 5.41) is 3.05. The lowest BCUT2D eigenvalue weighted by molar-refractivity contribution is 0.623. The third-order valence-electron chi connectivity index (χ3n) is 2.19. The van der Waals surface area contributed by atoms with E-state index in [0.29, 0.717) is 15.7 Å². The number of hydrogen-bond acceptors (Lipinski definition) is 3. The number of benzene rings is 1. The van der Waals surface area contributed by atoms with Crippen LogP contribution in [0.25, 0.3) is 0 Å². The second-order valence-corrected chi connectivity index (χ2v) is 5.64. The monoisotopic (exact) mass is 336 g/mol. The molecule has 0 aliphatic carbocycles. The minimum atomic E-state index is -0.348. The summed E-state index contributed by atoms with van der Waals surface area (Å²) in [6.07, 6.45) is 3.05. The van der Waals surface area contributed by atoms with Crippen LogP contribution >= 0.6 is 39.9 Å². The van der Waals surface area contributed by atoms with Crippen LogP contribution in [0.5, 0.6) is 0 Å². The van der Waals surface area contributed by atoms with Gasteiger partial charge in [-0.2, -0.15) is 11.8 Å². The molecular weight excluding hydrogens is 323 g/mol. The van der Waals surface area contributed by atoms with Crippen molar-refractivity contribution in [1.29, 1.82) is 0 Å². The lowest BCUT2D eigenvalue weighted by Crippen LogP contribution is -2.12. The smallest absolute Gasteiger partial charge is 0.161 e. The predicted molar refractivity (Wildman–Crippen MR) is 81.5 cm³/mol. The highest BCUT2D eigenvalue weighted by Crippen LogP contribution is 2.27. The molecule has 0 bridgehead atoms. The molecule has 1 aromatic rings. The van der Waals surface area contributed by atoms with Crippen molar-refractivity contribution in [1.82, 2.24) is 0 Å². The third-order valence-corrected chi connectivity index (χ3v) is 3.88. The first-order chi connectivity index (χ1) is 8.07. The maximum atomic E-state index is 13.9. The van der Waals surface area contributed by atoms with E-state index in [1.54, 1.807) is 23.9 Å². The second-order valence-electron chi connectivity index (χ2n) is 3.43. The standard InChI is InChI=1S/C11H14BrFN2S2/c1-17-6-2-5-15-8-4-3-7(11(14)16)9(12)10(8)13/h3-4,15H,2,5-6H2,1H3,(H2,14,16). The maximum Gasteiger partial charge on any atom is 0.161 e. The fraction of sp³-hybridized carbons (Fsp3) is 0.364. The zero-order valence-corrected chi connectivity index (χ0v) is 12.6. The van der Waals surface area contributed by atoms with Crippen LogP contribution in [0.3, 0.4) is 0 Å². The van der Waals surface area contributed by atoms with Gasteiger partial charge in [0.2, 0.25) is 0 Å². The molecule has 1 aromatic carbocycles. The fourth-order valence-electron chi connectivity index (χ4n) is 1.32. The Hall–Kier alpha value is -0.330. The van der Waals surface area contributed by atoms with Gasteiger partial charge in [0.25, 0.3) is 0 Å². The number of nitrogens with one attached hydrogen (secondary N) is 1. The lowest BCUT2D eigenvalue weighted by atomic mass is 10.2. The maximum absolute atomic E-state index is 13.9. The molecule has 0 aromatic heterocycles. The molecule has 1 rings (SSSR count). The van der Waals surface area contributed by atoms with Gasteiger partial charge in [0.05, 0.1) is 10.2 Å². The van der Waals surface area contributed by atoms with E-state index < -0.39 is 0 Å². The molecule has 94 valence electrons. The Morgan fingerprint density at radius 1 is 1.59 bits per heavy atom. The first-order valence-corrected chi connectivity index (χ1v) is 7.68. The molecule has 0 radical (unpaired) electrons. The van der Waals surface area contributed by atoms with E-state index >= 15 is 0 Å². The first-order valence-electron chi connectivity index (χ1n) is 5.08. The van der Waals surface area contributed by atoms with Crippen LogP contribution in [0.15, 0.2) is 16.6 Å². The van der Waals surface area contributed by atoms with Crippen molar-refractivity contribution in [3.05, 3.63) is 28.0 Å². The zero-order valence-electron chi connectivity index (χ0n) is 9.43. The minimum absolute atomic E-state index is 0.185. The predicted octanol–water partition coefficient (Wildman–Crippen LogP) is 3.39. The molecular formula is C11H14BrFN2S2. The Kier molecular flexibility index (Phi) is 6.22. The Labute approximate surface area is 119 Å². The van der Waals surface area contributed by atoms with Crippen LogP contribution < -0.4 is 11.1 Å². The molecule has 3 N–H and O–H groups in total. The van der Waals surface area contributed by atoms with E-state index in [1.165, 1.54) is 0 Å². The van der Waals surface area contributed by atoms with Crippen LogP contribution in [0.4, 0.5) is 10.1 Å². The van der Waals surface area contributed by atoms with Gasteiger partial charge in [-0.3, -0.25) is 0 Å². The molecule has 0 amide bonds. The average molecular weight is 337 g/mol. The number of nitrogens with two attached hydrogens (primary N) is 1. The third kappa shape index (κ3) is 4.12. The summed E-state index contributed by atoms with van der Waals surface area (Å²) in [6, 6.07) is 3.38. The van der Waals surface area contributed by atoms with Gasteiger partial charge in [-0.25, -0.2) is 4.39 Å². The van der Waals surface area contributed by atoms with E-state index in [1.807, 2.05) is 6.26 Å².